The minimum Gasteiger partial charge on any atom is -0.350 e. The van der Waals surface area contributed by atoms with Gasteiger partial charge in [-0.15, -0.1) is 0 Å². The van der Waals surface area contributed by atoms with Crippen molar-refractivity contribution in [2.75, 3.05) is 19.6 Å². The first-order valence-electron chi connectivity index (χ1n) is 7.14. The average molecular weight is 264 g/mol. The first-order chi connectivity index (χ1) is 9.13. The number of piperidine rings is 1. The second kappa shape index (κ2) is 6.19. The summed E-state index contributed by atoms with van der Waals surface area (Å²) >= 11 is 0. The summed E-state index contributed by atoms with van der Waals surface area (Å²) in [4.78, 5) is 14.6. The second-order valence-electron chi connectivity index (χ2n) is 5.26. The maximum absolute atomic E-state index is 12.1. The zero-order valence-corrected chi connectivity index (χ0v) is 12.1. The number of aryl methyl sites for hydroxylation is 1. The van der Waals surface area contributed by atoms with Crippen molar-refractivity contribution in [3.63, 3.8) is 0 Å². The number of nitrogens with one attached hydrogen (secondary N) is 1. The molecule has 1 atom stereocenters. The Labute approximate surface area is 115 Å². The van der Waals surface area contributed by atoms with Crippen LogP contribution in [0.2, 0.25) is 0 Å². The van der Waals surface area contributed by atoms with E-state index >= 15 is 0 Å². The number of carbonyl (C=O) groups is 1. The number of carbonyl (C=O) groups excluding carboxylic acids is 1. The van der Waals surface area contributed by atoms with Crippen molar-refractivity contribution in [3.8, 4) is 0 Å². The van der Waals surface area contributed by atoms with Crippen molar-refractivity contribution in [3.05, 3.63) is 17.5 Å². The number of nitrogens with zero attached hydrogens (tertiary/aromatic N) is 3. The van der Waals surface area contributed by atoms with Gasteiger partial charge in [0, 0.05) is 25.3 Å². The third-order valence-electron chi connectivity index (χ3n) is 4.13. The summed E-state index contributed by atoms with van der Waals surface area (Å²) in [6.45, 7) is 7.06. The molecule has 1 saturated heterocycles. The largest absolute Gasteiger partial charge is 0.350 e. The van der Waals surface area contributed by atoms with Crippen LogP contribution in [0.5, 0.6) is 0 Å². The van der Waals surface area contributed by atoms with Crippen molar-refractivity contribution in [2.24, 2.45) is 7.05 Å². The molecule has 5 nitrogen and oxygen atoms in total. The number of rotatable bonds is 4. The molecule has 1 aliphatic rings. The number of amides is 1. The maximum Gasteiger partial charge on any atom is 0.254 e. The van der Waals surface area contributed by atoms with Crippen molar-refractivity contribution >= 4 is 5.91 Å². The van der Waals surface area contributed by atoms with Gasteiger partial charge in [-0.1, -0.05) is 13.3 Å². The summed E-state index contributed by atoms with van der Waals surface area (Å²) in [7, 11) is 1.85. The Morgan fingerprint density at radius 3 is 2.95 bits per heavy atom. The molecule has 1 unspecified atom stereocenters. The number of aromatic nitrogens is 2. The first-order valence-corrected chi connectivity index (χ1v) is 7.14. The lowest BCUT2D eigenvalue weighted by Crippen LogP contribution is -2.46. The molecule has 106 valence electrons. The van der Waals surface area contributed by atoms with Crippen LogP contribution in [0.1, 0.15) is 42.2 Å². The number of hydrogen-bond donors (Lipinski definition) is 1. The van der Waals surface area contributed by atoms with Gasteiger partial charge in [0.1, 0.15) is 0 Å². The SMILES string of the molecule is CCN1CCCCC1CNC(=O)c1cnn(C)c1C. The van der Waals surface area contributed by atoms with E-state index in [2.05, 4.69) is 22.2 Å². The van der Waals surface area contributed by atoms with Gasteiger partial charge >= 0.3 is 0 Å². The van der Waals surface area contributed by atoms with Crippen LogP contribution in [0.4, 0.5) is 0 Å². The number of likely N-dealkylation sites (tertiary alicyclic amines) is 1. The van der Waals surface area contributed by atoms with Gasteiger partial charge in [-0.25, -0.2) is 0 Å². The van der Waals surface area contributed by atoms with Gasteiger partial charge in [-0.2, -0.15) is 5.10 Å². The van der Waals surface area contributed by atoms with E-state index in [4.69, 9.17) is 0 Å². The minimum absolute atomic E-state index is 0.00720. The highest BCUT2D eigenvalue weighted by Gasteiger charge is 2.22. The highest BCUT2D eigenvalue weighted by molar-refractivity contribution is 5.95. The Bertz CT molecular complexity index is 441. The molecule has 1 aromatic heterocycles. The fourth-order valence-corrected chi connectivity index (χ4v) is 2.73. The smallest absolute Gasteiger partial charge is 0.254 e. The molecule has 1 N–H and O–H groups in total. The highest BCUT2D eigenvalue weighted by Crippen LogP contribution is 2.16. The zero-order chi connectivity index (χ0) is 13.8. The molecule has 2 heterocycles. The van der Waals surface area contributed by atoms with Crippen molar-refractivity contribution in [2.45, 2.75) is 39.2 Å². The van der Waals surface area contributed by atoms with E-state index in [1.54, 1.807) is 10.9 Å². The Balaban J connectivity index is 1.91. The van der Waals surface area contributed by atoms with Crippen LogP contribution in [-0.4, -0.2) is 46.3 Å². The Morgan fingerprint density at radius 1 is 1.53 bits per heavy atom. The molecule has 0 radical (unpaired) electrons. The van der Waals surface area contributed by atoms with Gasteiger partial charge in [-0.05, 0) is 32.9 Å². The fraction of sp³-hybridized carbons (Fsp3) is 0.714. The minimum atomic E-state index is -0.00720. The molecule has 19 heavy (non-hydrogen) atoms. The van der Waals surface area contributed by atoms with E-state index in [1.165, 1.54) is 19.3 Å². The van der Waals surface area contributed by atoms with Gasteiger partial charge in [0.25, 0.3) is 5.91 Å². The third kappa shape index (κ3) is 3.15. The first kappa shape index (κ1) is 14.1. The lowest BCUT2D eigenvalue weighted by molar-refractivity contribution is 0.0917. The van der Waals surface area contributed by atoms with Crippen LogP contribution < -0.4 is 5.32 Å². The highest BCUT2D eigenvalue weighted by atomic mass is 16.1. The molecular formula is C14H24N4O. The Morgan fingerprint density at radius 2 is 2.32 bits per heavy atom. The Kier molecular flexibility index (Phi) is 4.58. The summed E-state index contributed by atoms with van der Waals surface area (Å²) < 4.78 is 1.73. The third-order valence-corrected chi connectivity index (χ3v) is 4.13. The monoisotopic (exact) mass is 264 g/mol. The van der Waals surface area contributed by atoms with Gasteiger partial charge in [0.2, 0.25) is 0 Å². The van der Waals surface area contributed by atoms with Crippen LogP contribution in [-0.2, 0) is 7.05 Å². The van der Waals surface area contributed by atoms with E-state index < -0.39 is 0 Å². The quantitative estimate of drug-likeness (QED) is 0.892. The molecule has 1 aromatic rings. The van der Waals surface area contributed by atoms with Crippen LogP contribution >= 0.6 is 0 Å². The van der Waals surface area contributed by atoms with Crippen LogP contribution in [0.15, 0.2) is 6.20 Å². The predicted molar refractivity (Wildman–Crippen MR) is 75.2 cm³/mol. The molecule has 5 heteroatoms. The van der Waals surface area contributed by atoms with E-state index in [-0.39, 0.29) is 5.91 Å². The summed E-state index contributed by atoms with van der Waals surface area (Å²) in [5.41, 5.74) is 1.59. The predicted octanol–water partition coefficient (Wildman–Crippen LogP) is 1.33. The van der Waals surface area contributed by atoms with Gasteiger partial charge < -0.3 is 5.32 Å². The van der Waals surface area contributed by atoms with Crippen LogP contribution in [0.25, 0.3) is 0 Å². The van der Waals surface area contributed by atoms with Crippen molar-refractivity contribution in [1.82, 2.24) is 20.0 Å². The lowest BCUT2D eigenvalue weighted by atomic mass is 10.0. The zero-order valence-electron chi connectivity index (χ0n) is 12.1. The van der Waals surface area contributed by atoms with Crippen molar-refractivity contribution in [1.29, 1.82) is 0 Å². The molecular weight excluding hydrogens is 240 g/mol. The summed E-state index contributed by atoms with van der Waals surface area (Å²) in [5, 5.41) is 7.16. The normalized spacial score (nSPS) is 20.5. The molecule has 0 spiro atoms. The van der Waals surface area contributed by atoms with Gasteiger partial charge in [0.15, 0.2) is 0 Å². The van der Waals surface area contributed by atoms with Gasteiger partial charge in [-0.3, -0.25) is 14.4 Å². The summed E-state index contributed by atoms with van der Waals surface area (Å²) in [5.74, 6) is -0.00720. The second-order valence-corrected chi connectivity index (χ2v) is 5.26. The van der Waals surface area contributed by atoms with E-state index in [0.717, 1.165) is 25.3 Å². The number of likely N-dealkylation sites (N-methyl/N-ethyl adjacent to an activating group) is 1. The summed E-state index contributed by atoms with van der Waals surface area (Å²) in [6.07, 6.45) is 5.37. The van der Waals surface area contributed by atoms with E-state index in [0.29, 0.717) is 11.6 Å². The molecule has 0 aliphatic carbocycles. The molecule has 1 fully saturated rings. The van der Waals surface area contributed by atoms with Crippen molar-refractivity contribution < 1.29 is 4.79 Å². The molecule has 2 rings (SSSR count). The van der Waals surface area contributed by atoms with E-state index in [9.17, 15) is 4.79 Å². The van der Waals surface area contributed by atoms with Crippen LogP contribution in [0.3, 0.4) is 0 Å². The topological polar surface area (TPSA) is 50.2 Å². The fourth-order valence-electron chi connectivity index (χ4n) is 2.73. The average Bonchev–Trinajstić information content (AvgIpc) is 2.77. The maximum atomic E-state index is 12.1. The molecule has 1 amide bonds. The lowest BCUT2D eigenvalue weighted by Gasteiger charge is -2.34. The molecule has 0 aromatic carbocycles. The summed E-state index contributed by atoms with van der Waals surface area (Å²) in [6, 6.07) is 0.486. The molecule has 1 aliphatic heterocycles. The molecule has 0 saturated carbocycles. The standard InChI is InChI=1S/C14H24N4O/c1-4-18-8-6-5-7-12(18)9-15-14(19)13-10-16-17(3)11(13)2/h10,12H,4-9H2,1-3H3,(H,15,19). The van der Waals surface area contributed by atoms with E-state index in [1.807, 2.05) is 14.0 Å². The van der Waals surface area contributed by atoms with Crippen LogP contribution in [0, 0.1) is 6.92 Å². The van der Waals surface area contributed by atoms with Gasteiger partial charge in [0.05, 0.1) is 11.8 Å². The number of hydrogen-bond acceptors (Lipinski definition) is 3. The molecule has 0 bridgehead atoms. The Hall–Kier alpha value is -1.36.